The number of nitrogens with one attached hydrogen (secondary N) is 3. The molecule has 44 heavy (non-hydrogen) atoms. The van der Waals surface area contributed by atoms with E-state index in [9.17, 15) is 0 Å². The zero-order valence-electron chi connectivity index (χ0n) is 25.9. The number of likely N-dealkylation sites (N-methyl/N-ethyl adjacent to an activating group) is 1. The number of anilines is 6. The molecule has 0 bridgehead atoms. The molecule has 0 atom stereocenters. The Bertz CT molecular complexity index is 1600. The topological polar surface area (TPSA) is 97.4 Å². The molecular weight excluding hydrogens is 569 g/mol. The van der Waals surface area contributed by atoms with Crippen molar-refractivity contribution < 1.29 is 0 Å². The Kier molecular flexibility index (Phi) is 9.44. The Morgan fingerprint density at radius 3 is 2.52 bits per heavy atom. The summed E-state index contributed by atoms with van der Waals surface area (Å²) in [6.07, 6.45) is 12.3. The van der Waals surface area contributed by atoms with Gasteiger partial charge in [0.2, 0.25) is 5.95 Å². The van der Waals surface area contributed by atoms with E-state index in [4.69, 9.17) is 4.98 Å². The maximum Gasteiger partial charge on any atom is 0.229 e. The van der Waals surface area contributed by atoms with E-state index in [-0.39, 0.29) is 0 Å². The molecule has 3 N–H and O–H groups in total. The van der Waals surface area contributed by atoms with Crippen molar-refractivity contribution in [3.05, 3.63) is 66.6 Å². The van der Waals surface area contributed by atoms with Gasteiger partial charge in [0.25, 0.3) is 0 Å². The van der Waals surface area contributed by atoms with Crippen LogP contribution in [-0.4, -0.2) is 88.3 Å². The van der Waals surface area contributed by atoms with E-state index in [0.29, 0.717) is 17.8 Å². The van der Waals surface area contributed by atoms with Crippen LogP contribution in [0.5, 0.6) is 0 Å². The molecule has 0 saturated carbocycles. The molecule has 4 heterocycles. The van der Waals surface area contributed by atoms with Crippen molar-refractivity contribution in [2.45, 2.75) is 32.2 Å². The number of aryl methyl sites for hydroxylation is 1. The molecule has 11 heteroatoms. The fourth-order valence-corrected chi connectivity index (χ4v) is 6.63. The van der Waals surface area contributed by atoms with Crippen LogP contribution < -0.4 is 20.3 Å². The number of rotatable bonds is 10. The molecule has 0 unspecified atom stereocenters. The summed E-state index contributed by atoms with van der Waals surface area (Å²) in [5, 5.41) is 6.92. The van der Waals surface area contributed by atoms with Gasteiger partial charge in [-0.1, -0.05) is 31.5 Å². The van der Waals surface area contributed by atoms with E-state index in [1.165, 1.54) is 62.2 Å². The Balaban J connectivity index is 1.17. The highest BCUT2D eigenvalue weighted by Gasteiger charge is 2.27. The van der Waals surface area contributed by atoms with Crippen LogP contribution in [0.4, 0.5) is 34.5 Å². The molecule has 2 fully saturated rings. The fraction of sp³-hybridized carbons (Fsp3) is 0.394. The maximum absolute atomic E-state index is 4.85. The first-order chi connectivity index (χ1) is 21.6. The van der Waals surface area contributed by atoms with Gasteiger partial charge < -0.3 is 25.2 Å². The third kappa shape index (κ3) is 6.59. The molecule has 10 nitrogen and oxygen atoms in total. The summed E-state index contributed by atoms with van der Waals surface area (Å²) in [5.74, 6) is 1.17. The molecule has 0 amide bonds. The molecule has 0 spiro atoms. The van der Waals surface area contributed by atoms with E-state index in [0.717, 1.165) is 53.2 Å². The van der Waals surface area contributed by atoms with E-state index < -0.39 is 0 Å². The Morgan fingerprint density at radius 1 is 0.977 bits per heavy atom. The van der Waals surface area contributed by atoms with Gasteiger partial charge in [-0.3, -0.25) is 14.9 Å². The molecule has 0 radical (unpaired) electrons. The van der Waals surface area contributed by atoms with E-state index in [1.54, 1.807) is 24.7 Å². The number of hydrogen-bond donors (Lipinski definition) is 3. The van der Waals surface area contributed by atoms with Gasteiger partial charge in [0.1, 0.15) is 11.3 Å². The quantitative estimate of drug-likeness (QED) is 0.184. The molecular formula is C33H42N10S. The maximum atomic E-state index is 4.85. The summed E-state index contributed by atoms with van der Waals surface area (Å²) >= 11 is 1.50. The summed E-state index contributed by atoms with van der Waals surface area (Å²) in [4.78, 5) is 26.1. The second-order valence-corrected chi connectivity index (χ2v) is 12.0. The largest absolute Gasteiger partial charge is 0.371 e. The first kappa shape index (κ1) is 30.1. The van der Waals surface area contributed by atoms with Crippen molar-refractivity contribution in [2.75, 3.05) is 72.8 Å². The van der Waals surface area contributed by atoms with E-state index in [2.05, 4.69) is 83.8 Å². The molecule has 2 aliphatic heterocycles. The third-order valence-electron chi connectivity index (χ3n) is 8.71. The zero-order chi connectivity index (χ0) is 30.5. The van der Waals surface area contributed by atoms with Gasteiger partial charge in [-0.25, -0.2) is 4.98 Å². The highest BCUT2D eigenvalue weighted by molar-refractivity contribution is 7.99. The lowest BCUT2D eigenvalue weighted by Gasteiger charge is -2.43. The van der Waals surface area contributed by atoms with Crippen molar-refractivity contribution in [3.8, 4) is 0 Å². The number of fused-ring (bicyclic) bond motifs is 1. The predicted molar refractivity (Wildman–Crippen MR) is 185 cm³/mol. The van der Waals surface area contributed by atoms with Crippen LogP contribution in [0.2, 0.25) is 0 Å². The molecule has 0 aliphatic carbocycles. The van der Waals surface area contributed by atoms with Crippen LogP contribution >= 0.6 is 11.9 Å². The predicted octanol–water partition coefficient (Wildman–Crippen LogP) is 6.02. The molecule has 2 saturated heterocycles. The van der Waals surface area contributed by atoms with Gasteiger partial charge in [-0.2, -0.15) is 4.98 Å². The van der Waals surface area contributed by atoms with Gasteiger partial charge >= 0.3 is 0 Å². The Hall–Kier alpha value is -3.93. The Labute approximate surface area is 264 Å². The number of aromatic nitrogens is 4. The normalized spacial score (nSPS) is 16.7. The van der Waals surface area contributed by atoms with E-state index >= 15 is 0 Å². The van der Waals surface area contributed by atoms with Crippen molar-refractivity contribution in [1.29, 1.82) is 0 Å². The van der Waals surface area contributed by atoms with Crippen molar-refractivity contribution in [1.82, 2.24) is 29.7 Å². The van der Waals surface area contributed by atoms with Crippen LogP contribution in [0.15, 0.2) is 55.5 Å². The second-order valence-electron chi connectivity index (χ2n) is 11.4. The molecule has 2 aliphatic rings. The molecule has 4 aromatic rings. The number of piperazine rings is 1. The standard InChI is InChI=1S/C33H42N10S/c1-5-23-21-25(7-10-29(23)43-15-11-26(12-16-43)42-19-17-41(3)18-20-42)37-33-36-22-24(6-2)32(39-33)38-28-9-8-27-30(31(28)40-44-4)35-14-13-34-27/h6-10,13-14,21-22,26,40H,2,5,11-12,15-20H2,1,3-4H3,(H2,36,37,38,39). The average Bonchev–Trinajstić information content (AvgIpc) is 3.06. The lowest BCUT2D eigenvalue weighted by atomic mass is 10.00. The molecule has 230 valence electrons. The minimum Gasteiger partial charge on any atom is -0.371 e. The van der Waals surface area contributed by atoms with Crippen molar-refractivity contribution >= 4 is 63.6 Å². The summed E-state index contributed by atoms with van der Waals surface area (Å²) < 4.78 is 3.36. The lowest BCUT2D eigenvalue weighted by Crippen LogP contribution is -2.52. The van der Waals surface area contributed by atoms with Gasteiger partial charge in [0, 0.05) is 87.1 Å². The van der Waals surface area contributed by atoms with Gasteiger partial charge in [-0.05, 0) is 62.2 Å². The summed E-state index contributed by atoms with van der Waals surface area (Å²) in [6.45, 7) is 13.2. The van der Waals surface area contributed by atoms with E-state index in [1.807, 2.05) is 18.4 Å². The highest BCUT2D eigenvalue weighted by Crippen LogP contribution is 2.34. The number of nitrogens with zero attached hydrogens (tertiary/aromatic N) is 7. The first-order valence-electron chi connectivity index (χ1n) is 15.4. The smallest absolute Gasteiger partial charge is 0.229 e. The van der Waals surface area contributed by atoms with Crippen LogP contribution in [0.25, 0.3) is 17.1 Å². The minimum absolute atomic E-state index is 0.515. The van der Waals surface area contributed by atoms with Crippen LogP contribution in [0.3, 0.4) is 0 Å². The van der Waals surface area contributed by atoms with Crippen LogP contribution in [-0.2, 0) is 6.42 Å². The SMILES string of the molecule is C=Cc1cnc(Nc2ccc(N3CCC(N4CCN(C)CC4)CC3)c(CC)c2)nc1Nc1ccc2nccnc2c1NSC. The van der Waals surface area contributed by atoms with Crippen LogP contribution in [0, 0.1) is 0 Å². The fourth-order valence-electron chi connectivity index (χ4n) is 6.22. The summed E-state index contributed by atoms with van der Waals surface area (Å²) in [6, 6.07) is 11.3. The average molecular weight is 611 g/mol. The third-order valence-corrected chi connectivity index (χ3v) is 9.12. The van der Waals surface area contributed by atoms with Crippen LogP contribution in [0.1, 0.15) is 30.9 Å². The molecule has 2 aromatic carbocycles. The monoisotopic (exact) mass is 610 g/mol. The van der Waals surface area contributed by atoms with Crippen molar-refractivity contribution in [2.24, 2.45) is 0 Å². The Morgan fingerprint density at radius 2 is 1.77 bits per heavy atom. The van der Waals surface area contributed by atoms with Gasteiger partial charge in [-0.15, -0.1) is 0 Å². The number of piperidine rings is 1. The molecule has 6 rings (SSSR count). The summed E-state index contributed by atoms with van der Waals surface area (Å²) in [5.41, 5.74) is 7.74. The first-order valence-corrected chi connectivity index (χ1v) is 16.7. The minimum atomic E-state index is 0.515. The molecule has 2 aromatic heterocycles. The van der Waals surface area contributed by atoms with Gasteiger partial charge in [0.05, 0.1) is 16.9 Å². The van der Waals surface area contributed by atoms with Crippen molar-refractivity contribution in [3.63, 3.8) is 0 Å². The summed E-state index contributed by atoms with van der Waals surface area (Å²) in [7, 11) is 2.23. The number of benzene rings is 2. The lowest BCUT2D eigenvalue weighted by molar-refractivity contribution is 0.0982. The highest BCUT2D eigenvalue weighted by atomic mass is 32.2. The second kappa shape index (κ2) is 13.8. The number of hydrogen-bond acceptors (Lipinski definition) is 11. The zero-order valence-corrected chi connectivity index (χ0v) is 26.7. The van der Waals surface area contributed by atoms with Gasteiger partial charge in [0.15, 0.2) is 0 Å².